The number of aromatic nitrogens is 1. The molecule has 0 aliphatic carbocycles. The summed E-state index contributed by atoms with van der Waals surface area (Å²) in [5, 5.41) is 7.00. The van der Waals surface area contributed by atoms with Crippen molar-refractivity contribution in [1.82, 2.24) is 10.3 Å². The zero-order valence-electron chi connectivity index (χ0n) is 20.4. The van der Waals surface area contributed by atoms with Crippen LogP contribution >= 0.6 is 0 Å². The van der Waals surface area contributed by atoms with Gasteiger partial charge in [0.2, 0.25) is 5.91 Å². The fourth-order valence-electron chi connectivity index (χ4n) is 3.94. The van der Waals surface area contributed by atoms with E-state index in [0.29, 0.717) is 60.8 Å². The van der Waals surface area contributed by atoms with E-state index < -0.39 is 5.91 Å². The van der Waals surface area contributed by atoms with Crippen molar-refractivity contribution in [2.24, 2.45) is 11.5 Å². The van der Waals surface area contributed by atoms with E-state index in [2.05, 4.69) is 15.6 Å². The van der Waals surface area contributed by atoms with Gasteiger partial charge in [0.1, 0.15) is 0 Å². The van der Waals surface area contributed by atoms with Gasteiger partial charge in [0, 0.05) is 42.8 Å². The molecule has 0 saturated heterocycles. The third-order valence-electron chi connectivity index (χ3n) is 5.53. The van der Waals surface area contributed by atoms with Gasteiger partial charge in [-0.25, -0.2) is 0 Å². The number of fused-ring (bicyclic) bond motifs is 1. The number of nitrogens with one attached hydrogen (secondary N) is 2. The van der Waals surface area contributed by atoms with E-state index in [1.54, 1.807) is 6.07 Å². The Hall–Kier alpha value is -3.85. The zero-order valence-corrected chi connectivity index (χ0v) is 20.4. The summed E-state index contributed by atoms with van der Waals surface area (Å²) < 4.78 is 11.5. The number of benzene rings is 2. The van der Waals surface area contributed by atoms with Crippen LogP contribution in [0.3, 0.4) is 0 Å². The molecule has 2 aromatic carbocycles. The largest absolute Gasteiger partial charge is 0.490 e. The van der Waals surface area contributed by atoms with Gasteiger partial charge in [-0.1, -0.05) is 19.1 Å². The average Bonchev–Trinajstić information content (AvgIpc) is 2.83. The van der Waals surface area contributed by atoms with E-state index in [0.717, 1.165) is 16.8 Å². The molecule has 3 aromatic rings. The van der Waals surface area contributed by atoms with Crippen LogP contribution in [0.4, 0.5) is 11.4 Å². The first-order valence-corrected chi connectivity index (χ1v) is 11.8. The fourth-order valence-corrected chi connectivity index (χ4v) is 3.94. The van der Waals surface area contributed by atoms with Gasteiger partial charge in [0.05, 0.1) is 30.0 Å². The molecule has 35 heavy (non-hydrogen) atoms. The van der Waals surface area contributed by atoms with Gasteiger partial charge in [-0.05, 0) is 43.5 Å². The molecule has 3 rings (SSSR count). The van der Waals surface area contributed by atoms with Crippen LogP contribution in [0, 0.1) is 0 Å². The lowest BCUT2D eigenvalue weighted by atomic mass is 10.0. The van der Waals surface area contributed by atoms with E-state index in [1.807, 2.05) is 45.0 Å². The molecule has 6 N–H and O–H groups in total. The number of nitrogens with zero attached hydrogens (tertiary/aromatic N) is 1. The summed E-state index contributed by atoms with van der Waals surface area (Å²) in [6.07, 6.45) is 2.45. The lowest BCUT2D eigenvalue weighted by Crippen LogP contribution is -2.25. The van der Waals surface area contributed by atoms with Gasteiger partial charge in [-0.2, -0.15) is 0 Å². The average molecular weight is 480 g/mol. The van der Waals surface area contributed by atoms with E-state index in [-0.39, 0.29) is 17.9 Å². The molecule has 1 aromatic heterocycles. The second-order valence-electron chi connectivity index (χ2n) is 7.83. The van der Waals surface area contributed by atoms with Crippen LogP contribution in [0.1, 0.15) is 48.7 Å². The predicted molar refractivity (Wildman–Crippen MR) is 137 cm³/mol. The molecule has 2 amide bonds. The molecule has 9 heteroatoms. The SMILES string of the molecule is CCOc1cc2ncc(C(N)=O)c(Nc3cccc(CNC(=O)CCN)c3CC)c2cc1OCC. The van der Waals surface area contributed by atoms with Crippen LogP contribution in [0.25, 0.3) is 10.9 Å². The van der Waals surface area contributed by atoms with Crippen molar-refractivity contribution < 1.29 is 19.1 Å². The van der Waals surface area contributed by atoms with Crippen molar-refractivity contribution >= 4 is 34.1 Å². The van der Waals surface area contributed by atoms with Crippen molar-refractivity contribution in [2.75, 3.05) is 25.1 Å². The first kappa shape index (κ1) is 25.8. The molecule has 9 nitrogen and oxygen atoms in total. The Labute approximate surface area is 205 Å². The van der Waals surface area contributed by atoms with Gasteiger partial charge in [0.15, 0.2) is 11.5 Å². The summed E-state index contributed by atoms with van der Waals surface area (Å²) in [5.41, 5.74) is 15.4. The molecule has 0 aliphatic heterocycles. The van der Waals surface area contributed by atoms with E-state index in [1.165, 1.54) is 6.20 Å². The molecular formula is C26H33N5O4. The minimum absolute atomic E-state index is 0.0994. The van der Waals surface area contributed by atoms with Gasteiger partial charge >= 0.3 is 0 Å². The Bertz CT molecular complexity index is 1210. The number of hydrogen-bond acceptors (Lipinski definition) is 7. The van der Waals surface area contributed by atoms with Gasteiger partial charge in [0.25, 0.3) is 5.91 Å². The first-order chi connectivity index (χ1) is 16.9. The van der Waals surface area contributed by atoms with Gasteiger partial charge in [-0.15, -0.1) is 0 Å². The summed E-state index contributed by atoms with van der Waals surface area (Å²) in [5.74, 6) is 0.437. The second-order valence-corrected chi connectivity index (χ2v) is 7.83. The molecule has 0 radical (unpaired) electrons. The predicted octanol–water partition coefficient (Wildman–Crippen LogP) is 3.40. The van der Waals surface area contributed by atoms with E-state index >= 15 is 0 Å². The molecule has 0 bridgehead atoms. The summed E-state index contributed by atoms with van der Waals surface area (Å²) >= 11 is 0. The third-order valence-corrected chi connectivity index (χ3v) is 5.53. The van der Waals surface area contributed by atoms with Crippen molar-refractivity contribution in [3.8, 4) is 11.5 Å². The van der Waals surface area contributed by atoms with Crippen LogP contribution in [0.2, 0.25) is 0 Å². The number of ether oxygens (including phenoxy) is 2. The van der Waals surface area contributed by atoms with Crippen LogP contribution < -0.4 is 31.6 Å². The van der Waals surface area contributed by atoms with Gasteiger partial charge < -0.3 is 31.6 Å². The number of amides is 2. The summed E-state index contributed by atoms with van der Waals surface area (Å²) in [6, 6.07) is 9.41. The maximum atomic E-state index is 12.3. The topological polar surface area (TPSA) is 142 Å². The van der Waals surface area contributed by atoms with Crippen LogP contribution in [0.5, 0.6) is 11.5 Å². The molecular weight excluding hydrogens is 446 g/mol. The minimum Gasteiger partial charge on any atom is -0.490 e. The number of carbonyl (C=O) groups excluding carboxylic acids is 2. The highest BCUT2D eigenvalue weighted by Gasteiger charge is 2.19. The Morgan fingerprint density at radius 1 is 1.06 bits per heavy atom. The Morgan fingerprint density at radius 2 is 1.77 bits per heavy atom. The van der Waals surface area contributed by atoms with Gasteiger partial charge in [-0.3, -0.25) is 14.6 Å². The van der Waals surface area contributed by atoms with Crippen molar-refractivity contribution in [1.29, 1.82) is 0 Å². The number of primary amides is 1. The lowest BCUT2D eigenvalue weighted by Gasteiger charge is -2.19. The Morgan fingerprint density at radius 3 is 2.40 bits per heavy atom. The molecule has 186 valence electrons. The smallest absolute Gasteiger partial charge is 0.252 e. The molecule has 0 saturated carbocycles. The highest BCUT2D eigenvalue weighted by molar-refractivity contribution is 6.08. The second kappa shape index (κ2) is 12.0. The zero-order chi connectivity index (χ0) is 25.4. The quantitative estimate of drug-likeness (QED) is 0.312. The van der Waals surface area contributed by atoms with Crippen LogP contribution in [-0.2, 0) is 17.8 Å². The maximum absolute atomic E-state index is 12.3. The van der Waals surface area contributed by atoms with Crippen molar-refractivity contribution in [3.63, 3.8) is 0 Å². The van der Waals surface area contributed by atoms with Crippen molar-refractivity contribution in [2.45, 2.75) is 40.2 Å². The summed E-state index contributed by atoms with van der Waals surface area (Å²) in [7, 11) is 0. The number of pyridine rings is 1. The number of nitrogens with two attached hydrogens (primary N) is 2. The molecule has 0 aliphatic rings. The highest BCUT2D eigenvalue weighted by atomic mass is 16.5. The Balaban J connectivity index is 2.10. The number of anilines is 2. The van der Waals surface area contributed by atoms with Crippen LogP contribution in [-0.4, -0.2) is 36.6 Å². The molecule has 0 fully saturated rings. The summed E-state index contributed by atoms with van der Waals surface area (Å²) in [4.78, 5) is 28.7. The standard InChI is InChI=1S/C26H33N5O4/c1-4-17-16(14-30-24(32)10-11-27)8-7-9-20(17)31-25-18-12-22(34-5-2)23(35-6-3)13-21(18)29-15-19(25)26(28)33/h7-9,12-13,15H,4-6,10-11,14,27H2,1-3H3,(H2,28,33)(H,29,31)(H,30,32). The Kier molecular flexibility index (Phi) is 8.86. The van der Waals surface area contributed by atoms with Crippen molar-refractivity contribution in [3.05, 3.63) is 53.2 Å². The first-order valence-electron chi connectivity index (χ1n) is 11.8. The number of rotatable bonds is 12. The molecule has 1 heterocycles. The maximum Gasteiger partial charge on any atom is 0.252 e. The summed E-state index contributed by atoms with van der Waals surface area (Å²) in [6.45, 7) is 7.43. The van der Waals surface area contributed by atoms with Crippen LogP contribution in [0.15, 0.2) is 36.5 Å². The molecule has 0 unspecified atom stereocenters. The molecule has 0 atom stereocenters. The lowest BCUT2D eigenvalue weighted by molar-refractivity contribution is -0.121. The third kappa shape index (κ3) is 5.99. The fraction of sp³-hybridized carbons (Fsp3) is 0.346. The normalized spacial score (nSPS) is 10.7. The monoisotopic (exact) mass is 479 g/mol. The number of hydrogen-bond donors (Lipinski definition) is 4. The highest BCUT2D eigenvalue weighted by Crippen LogP contribution is 2.38. The van der Waals surface area contributed by atoms with E-state index in [4.69, 9.17) is 20.9 Å². The number of carbonyl (C=O) groups is 2. The minimum atomic E-state index is -0.600. The molecule has 0 spiro atoms. The van der Waals surface area contributed by atoms with E-state index in [9.17, 15) is 9.59 Å².